The second kappa shape index (κ2) is 3.39. The van der Waals surface area contributed by atoms with Gasteiger partial charge < -0.3 is 15.7 Å². The van der Waals surface area contributed by atoms with Crippen LogP contribution < -0.4 is 10.5 Å². The third-order valence-corrected chi connectivity index (χ3v) is 3.15. The van der Waals surface area contributed by atoms with Gasteiger partial charge in [-0.15, -0.1) is 11.3 Å². The molecule has 0 aliphatic rings. The number of nitrogens with zero attached hydrogens (tertiary/aromatic N) is 1. The number of nitrogens with two attached hydrogens (primary N) is 1. The minimum atomic E-state index is -0.520. The van der Waals surface area contributed by atoms with Crippen molar-refractivity contribution in [3.05, 3.63) is 28.4 Å². The zero-order chi connectivity index (χ0) is 11.0. The molecule has 5 nitrogen and oxygen atoms in total. The Morgan fingerprint density at radius 2 is 2.40 bits per heavy atom. The number of thiophene rings is 1. The molecule has 0 aromatic carbocycles. The summed E-state index contributed by atoms with van der Waals surface area (Å²) in [5.41, 5.74) is 6.21. The average molecular weight is 224 g/mol. The predicted molar refractivity (Wildman–Crippen MR) is 56.5 cm³/mol. The molecular weight excluding hydrogens is 216 g/mol. The molecule has 0 aliphatic carbocycles. The molecule has 2 aromatic heterocycles. The van der Waals surface area contributed by atoms with E-state index in [1.807, 2.05) is 0 Å². The SMILES string of the molecule is COC(=O)c1sc2ccc[n+]([O-])c2c1N. The van der Waals surface area contributed by atoms with E-state index in [0.29, 0.717) is 14.9 Å². The van der Waals surface area contributed by atoms with E-state index in [9.17, 15) is 10.0 Å². The molecule has 2 heterocycles. The Kier molecular flexibility index (Phi) is 2.20. The van der Waals surface area contributed by atoms with Crippen LogP contribution in [0.25, 0.3) is 10.2 Å². The molecule has 0 bridgehead atoms. The van der Waals surface area contributed by atoms with E-state index in [2.05, 4.69) is 4.74 Å². The molecule has 78 valence electrons. The fourth-order valence-electron chi connectivity index (χ4n) is 1.32. The first-order valence-electron chi connectivity index (χ1n) is 4.13. The summed E-state index contributed by atoms with van der Waals surface area (Å²) in [5, 5.41) is 11.4. The summed E-state index contributed by atoms with van der Waals surface area (Å²) < 4.78 is 5.88. The quantitative estimate of drug-likeness (QED) is 0.443. The predicted octanol–water partition coefficient (Wildman–Crippen LogP) is 0.903. The highest BCUT2D eigenvalue weighted by atomic mass is 32.1. The summed E-state index contributed by atoms with van der Waals surface area (Å²) in [5.74, 6) is -0.520. The van der Waals surface area contributed by atoms with Crippen LogP contribution in [0.15, 0.2) is 18.3 Å². The van der Waals surface area contributed by atoms with Gasteiger partial charge in [-0.1, -0.05) is 0 Å². The van der Waals surface area contributed by atoms with Crippen LogP contribution in [-0.4, -0.2) is 13.1 Å². The minimum Gasteiger partial charge on any atom is -0.618 e. The number of hydrogen-bond donors (Lipinski definition) is 1. The molecule has 2 N–H and O–H groups in total. The Labute approximate surface area is 89.3 Å². The van der Waals surface area contributed by atoms with Gasteiger partial charge in [0.25, 0.3) is 5.52 Å². The molecule has 0 saturated heterocycles. The Morgan fingerprint density at radius 3 is 3.00 bits per heavy atom. The number of nitrogen functional groups attached to an aromatic ring is 1. The summed E-state index contributed by atoms with van der Waals surface area (Å²) in [7, 11) is 1.28. The van der Waals surface area contributed by atoms with Crippen LogP contribution in [0.5, 0.6) is 0 Å². The molecule has 0 saturated carbocycles. The van der Waals surface area contributed by atoms with Crippen LogP contribution in [-0.2, 0) is 4.74 Å². The number of carbonyl (C=O) groups is 1. The van der Waals surface area contributed by atoms with E-state index in [1.165, 1.54) is 13.3 Å². The highest BCUT2D eigenvalue weighted by Crippen LogP contribution is 2.31. The first-order valence-corrected chi connectivity index (χ1v) is 4.95. The first kappa shape index (κ1) is 9.72. The Bertz CT molecular complexity index is 535. The molecule has 0 atom stereocenters. The third-order valence-electron chi connectivity index (χ3n) is 2.01. The second-order valence-corrected chi connectivity index (χ2v) is 3.94. The summed E-state index contributed by atoms with van der Waals surface area (Å²) >= 11 is 1.15. The van der Waals surface area contributed by atoms with Crippen LogP contribution in [0.4, 0.5) is 5.69 Å². The summed E-state index contributed by atoms with van der Waals surface area (Å²) in [6.07, 6.45) is 1.34. The lowest BCUT2D eigenvalue weighted by Crippen LogP contribution is -2.26. The fourth-order valence-corrected chi connectivity index (χ4v) is 2.36. The van der Waals surface area contributed by atoms with Crippen LogP contribution in [0, 0.1) is 5.21 Å². The normalized spacial score (nSPS) is 10.5. The van der Waals surface area contributed by atoms with Crippen LogP contribution in [0.1, 0.15) is 9.67 Å². The molecule has 0 amide bonds. The number of rotatable bonds is 1. The maximum atomic E-state index is 11.4. The second-order valence-electron chi connectivity index (χ2n) is 2.88. The van der Waals surface area contributed by atoms with Gasteiger partial charge in [0.1, 0.15) is 15.3 Å². The largest absolute Gasteiger partial charge is 0.618 e. The lowest BCUT2D eigenvalue weighted by Gasteiger charge is -1.97. The van der Waals surface area contributed by atoms with Crippen molar-refractivity contribution in [2.75, 3.05) is 12.8 Å². The first-order chi connectivity index (χ1) is 7.15. The molecular formula is C9H8N2O3S. The van der Waals surface area contributed by atoms with Gasteiger partial charge in [-0.2, -0.15) is 4.73 Å². The number of aromatic nitrogens is 1. The van der Waals surface area contributed by atoms with Crippen LogP contribution >= 0.6 is 11.3 Å². The number of anilines is 1. The summed E-state index contributed by atoms with van der Waals surface area (Å²) in [6.45, 7) is 0. The van der Waals surface area contributed by atoms with E-state index >= 15 is 0 Å². The van der Waals surface area contributed by atoms with Crippen molar-refractivity contribution in [1.29, 1.82) is 0 Å². The van der Waals surface area contributed by atoms with Gasteiger partial charge in [0.15, 0.2) is 6.20 Å². The van der Waals surface area contributed by atoms with Gasteiger partial charge in [0.05, 0.1) is 7.11 Å². The smallest absolute Gasteiger partial charge is 0.350 e. The highest BCUT2D eigenvalue weighted by Gasteiger charge is 2.21. The molecule has 0 radical (unpaired) electrons. The van der Waals surface area contributed by atoms with E-state index in [-0.39, 0.29) is 10.6 Å². The van der Waals surface area contributed by atoms with Gasteiger partial charge in [-0.05, 0) is 6.07 Å². The van der Waals surface area contributed by atoms with Gasteiger partial charge in [0, 0.05) is 6.07 Å². The molecule has 6 heteroatoms. The van der Waals surface area contributed by atoms with Crippen molar-refractivity contribution in [2.45, 2.75) is 0 Å². The zero-order valence-corrected chi connectivity index (χ0v) is 8.71. The van der Waals surface area contributed by atoms with Crippen molar-refractivity contribution in [1.82, 2.24) is 0 Å². The molecule has 0 fully saturated rings. The highest BCUT2D eigenvalue weighted by molar-refractivity contribution is 7.21. The lowest BCUT2D eigenvalue weighted by atomic mass is 10.3. The van der Waals surface area contributed by atoms with E-state index < -0.39 is 5.97 Å². The van der Waals surface area contributed by atoms with Crippen LogP contribution in [0.3, 0.4) is 0 Å². The fraction of sp³-hybridized carbons (Fsp3) is 0.111. The van der Waals surface area contributed by atoms with Crippen LogP contribution in [0.2, 0.25) is 0 Å². The average Bonchev–Trinajstić information content (AvgIpc) is 2.56. The van der Waals surface area contributed by atoms with Crippen molar-refractivity contribution < 1.29 is 14.3 Å². The minimum absolute atomic E-state index is 0.178. The molecule has 0 unspecified atom stereocenters. The van der Waals surface area contributed by atoms with E-state index in [4.69, 9.17) is 5.73 Å². The van der Waals surface area contributed by atoms with Gasteiger partial charge in [-0.25, -0.2) is 4.79 Å². The topological polar surface area (TPSA) is 79.3 Å². The number of esters is 1. The number of hydrogen-bond acceptors (Lipinski definition) is 5. The number of ether oxygens (including phenoxy) is 1. The maximum absolute atomic E-state index is 11.4. The Morgan fingerprint density at radius 1 is 1.67 bits per heavy atom. The number of fused-ring (bicyclic) bond motifs is 1. The summed E-state index contributed by atoms with van der Waals surface area (Å²) in [4.78, 5) is 11.6. The van der Waals surface area contributed by atoms with Crippen molar-refractivity contribution in [3.63, 3.8) is 0 Å². The lowest BCUT2D eigenvalue weighted by molar-refractivity contribution is -0.576. The summed E-state index contributed by atoms with van der Waals surface area (Å²) in [6, 6.07) is 3.34. The molecule has 0 aliphatic heterocycles. The maximum Gasteiger partial charge on any atom is 0.350 e. The van der Waals surface area contributed by atoms with E-state index in [0.717, 1.165) is 11.3 Å². The van der Waals surface area contributed by atoms with Gasteiger partial charge in [0.2, 0.25) is 0 Å². The number of carbonyl (C=O) groups excluding carboxylic acids is 1. The molecule has 2 aromatic rings. The third kappa shape index (κ3) is 1.39. The Balaban J connectivity index is 2.75. The Hall–Kier alpha value is -1.82. The van der Waals surface area contributed by atoms with Gasteiger partial charge in [-0.3, -0.25) is 0 Å². The van der Waals surface area contributed by atoms with Crippen molar-refractivity contribution in [3.8, 4) is 0 Å². The van der Waals surface area contributed by atoms with E-state index in [1.54, 1.807) is 12.1 Å². The molecule has 15 heavy (non-hydrogen) atoms. The van der Waals surface area contributed by atoms with Gasteiger partial charge >= 0.3 is 5.97 Å². The van der Waals surface area contributed by atoms with Crippen molar-refractivity contribution >= 4 is 33.2 Å². The number of methoxy groups -OCH3 is 1. The standard InChI is InChI=1S/C9H8N2O3S/c1-14-9(12)8-6(10)7-5(15-8)3-2-4-11(7)13/h2-4H,10H2,1H3. The zero-order valence-electron chi connectivity index (χ0n) is 7.89. The molecule has 2 rings (SSSR count). The number of pyridine rings is 1. The molecule has 0 spiro atoms. The monoisotopic (exact) mass is 224 g/mol. The van der Waals surface area contributed by atoms with Crippen molar-refractivity contribution in [2.24, 2.45) is 0 Å².